The lowest BCUT2D eigenvalue weighted by molar-refractivity contribution is -0.117. The van der Waals surface area contributed by atoms with Gasteiger partial charge in [0.2, 0.25) is 5.91 Å². The van der Waals surface area contributed by atoms with E-state index in [2.05, 4.69) is 15.9 Å². The molecule has 0 saturated carbocycles. The predicted molar refractivity (Wildman–Crippen MR) is 70.5 cm³/mol. The molecule has 1 saturated heterocycles. The topological polar surface area (TPSA) is 74.7 Å². The van der Waals surface area contributed by atoms with E-state index in [0.717, 1.165) is 5.33 Å². The van der Waals surface area contributed by atoms with Gasteiger partial charge in [-0.1, -0.05) is 15.9 Å². The van der Waals surface area contributed by atoms with Crippen LogP contribution in [0.4, 0.5) is 5.69 Å². The Kier molecular flexibility index (Phi) is 3.74. The van der Waals surface area contributed by atoms with Crippen molar-refractivity contribution in [1.82, 2.24) is 0 Å². The minimum atomic E-state index is -4.18. The van der Waals surface area contributed by atoms with Gasteiger partial charge in [-0.3, -0.25) is 9.35 Å². The van der Waals surface area contributed by atoms with Crippen LogP contribution in [0.2, 0.25) is 0 Å². The summed E-state index contributed by atoms with van der Waals surface area (Å²) in [6.07, 6.45) is 0.491. The highest BCUT2D eigenvalue weighted by atomic mass is 79.9. The Labute approximate surface area is 114 Å². The largest absolute Gasteiger partial charge is 0.312 e. The molecule has 0 aliphatic carbocycles. The highest BCUT2D eigenvalue weighted by Crippen LogP contribution is 2.26. The second kappa shape index (κ2) is 4.99. The molecule has 1 fully saturated rings. The van der Waals surface area contributed by atoms with Crippen molar-refractivity contribution in [3.8, 4) is 0 Å². The molecule has 1 aliphatic heterocycles. The van der Waals surface area contributed by atoms with Gasteiger partial charge < -0.3 is 4.90 Å². The number of hydrogen-bond acceptors (Lipinski definition) is 3. The quantitative estimate of drug-likeness (QED) is 0.674. The third-order valence-corrected chi connectivity index (χ3v) is 4.65. The molecular weight excluding hydrogens is 322 g/mol. The number of hydrogen-bond donors (Lipinski definition) is 1. The smallest absolute Gasteiger partial charge is 0.294 e. The summed E-state index contributed by atoms with van der Waals surface area (Å²) in [4.78, 5) is 13.2. The van der Waals surface area contributed by atoms with Crippen molar-refractivity contribution in [2.45, 2.75) is 11.3 Å². The van der Waals surface area contributed by atoms with Gasteiger partial charge >= 0.3 is 0 Å². The maximum Gasteiger partial charge on any atom is 0.294 e. The number of amides is 1. The van der Waals surface area contributed by atoms with E-state index in [9.17, 15) is 13.2 Å². The van der Waals surface area contributed by atoms with Gasteiger partial charge in [0.15, 0.2) is 0 Å². The van der Waals surface area contributed by atoms with E-state index in [1.54, 1.807) is 4.90 Å². The van der Waals surface area contributed by atoms with Gasteiger partial charge in [0.25, 0.3) is 10.1 Å². The maximum absolute atomic E-state index is 11.8. The first-order valence-electron chi connectivity index (χ1n) is 5.35. The zero-order chi connectivity index (χ0) is 13.3. The molecule has 0 bridgehead atoms. The zero-order valence-corrected chi connectivity index (χ0v) is 11.8. The van der Waals surface area contributed by atoms with Crippen molar-refractivity contribution in [3.05, 3.63) is 24.3 Å². The molecule has 1 unspecified atom stereocenters. The van der Waals surface area contributed by atoms with Crippen molar-refractivity contribution in [2.24, 2.45) is 5.92 Å². The molecule has 0 aromatic heterocycles. The average molecular weight is 334 g/mol. The first-order chi connectivity index (χ1) is 8.41. The van der Waals surface area contributed by atoms with Crippen LogP contribution in [0.3, 0.4) is 0 Å². The third-order valence-electron chi connectivity index (χ3n) is 2.87. The molecule has 7 heteroatoms. The van der Waals surface area contributed by atoms with E-state index in [0.29, 0.717) is 18.7 Å². The van der Waals surface area contributed by atoms with E-state index >= 15 is 0 Å². The Hall–Kier alpha value is -0.920. The summed E-state index contributed by atoms with van der Waals surface area (Å²) in [5, 5.41) is 0.762. The summed E-state index contributed by atoms with van der Waals surface area (Å²) < 4.78 is 30.7. The first kappa shape index (κ1) is 13.5. The van der Waals surface area contributed by atoms with Gasteiger partial charge in [0, 0.05) is 24.0 Å². The fourth-order valence-corrected chi connectivity index (χ4v) is 2.85. The molecule has 1 amide bonds. The molecule has 18 heavy (non-hydrogen) atoms. The number of rotatable bonds is 3. The zero-order valence-electron chi connectivity index (χ0n) is 9.41. The number of carbonyl (C=O) groups excluding carboxylic acids is 1. The van der Waals surface area contributed by atoms with Crippen LogP contribution in [-0.4, -0.2) is 30.8 Å². The molecule has 1 N–H and O–H groups in total. The maximum atomic E-state index is 11.8. The number of benzene rings is 1. The summed E-state index contributed by atoms with van der Waals surface area (Å²) >= 11 is 3.35. The van der Waals surface area contributed by atoms with Gasteiger partial charge in [-0.25, -0.2) is 0 Å². The molecule has 98 valence electrons. The molecule has 1 heterocycles. The Morgan fingerprint density at radius 2 is 1.94 bits per heavy atom. The van der Waals surface area contributed by atoms with Crippen LogP contribution < -0.4 is 4.90 Å². The van der Waals surface area contributed by atoms with Crippen molar-refractivity contribution < 1.29 is 17.8 Å². The molecule has 2 rings (SSSR count). The number of carbonyl (C=O) groups is 1. The Bertz CT molecular complexity index is 555. The van der Waals surface area contributed by atoms with Crippen molar-refractivity contribution in [1.29, 1.82) is 0 Å². The van der Waals surface area contributed by atoms with E-state index in [-0.39, 0.29) is 16.7 Å². The molecule has 0 spiro atoms. The minimum absolute atomic E-state index is 0.0269. The predicted octanol–water partition coefficient (Wildman–Crippen LogP) is 1.68. The Morgan fingerprint density at radius 3 is 2.39 bits per heavy atom. The Balaban J connectivity index is 2.23. The summed E-state index contributed by atoms with van der Waals surface area (Å²) in [5.41, 5.74) is 0.649. The average Bonchev–Trinajstić information content (AvgIpc) is 2.70. The number of nitrogens with zero attached hydrogens (tertiary/aromatic N) is 1. The van der Waals surface area contributed by atoms with Crippen LogP contribution in [0, 0.1) is 5.92 Å². The van der Waals surface area contributed by atoms with E-state index in [4.69, 9.17) is 4.55 Å². The molecule has 1 aliphatic rings. The summed E-state index contributed by atoms with van der Waals surface area (Å²) in [6.45, 7) is 0.620. The molecule has 0 radical (unpaired) electrons. The molecular formula is C11H12BrNO4S. The van der Waals surface area contributed by atoms with Crippen LogP contribution in [0.15, 0.2) is 29.2 Å². The minimum Gasteiger partial charge on any atom is -0.312 e. The van der Waals surface area contributed by atoms with Crippen LogP contribution >= 0.6 is 15.9 Å². The lowest BCUT2D eigenvalue weighted by atomic mass is 10.2. The van der Waals surface area contributed by atoms with Gasteiger partial charge in [-0.05, 0) is 30.2 Å². The fourth-order valence-electron chi connectivity index (χ4n) is 1.93. The van der Waals surface area contributed by atoms with E-state index < -0.39 is 10.1 Å². The Morgan fingerprint density at radius 1 is 1.33 bits per heavy atom. The standard InChI is InChI=1S/C11H12BrNO4S/c12-6-8-5-11(14)13(7-8)9-1-3-10(4-2-9)18(15,16)17/h1-4,8H,5-7H2,(H,15,16,17). The summed E-state index contributed by atoms with van der Waals surface area (Å²) in [6, 6.07) is 5.63. The second-order valence-electron chi connectivity index (χ2n) is 4.20. The van der Waals surface area contributed by atoms with Crippen LogP contribution in [0.25, 0.3) is 0 Å². The third kappa shape index (κ3) is 2.73. The van der Waals surface area contributed by atoms with E-state index in [1.165, 1.54) is 24.3 Å². The summed E-state index contributed by atoms with van der Waals surface area (Å²) in [5.74, 6) is 0.304. The lowest BCUT2D eigenvalue weighted by Crippen LogP contribution is -2.24. The van der Waals surface area contributed by atoms with Crippen LogP contribution in [0.5, 0.6) is 0 Å². The highest BCUT2D eigenvalue weighted by Gasteiger charge is 2.29. The van der Waals surface area contributed by atoms with Crippen LogP contribution in [-0.2, 0) is 14.9 Å². The normalized spacial score (nSPS) is 20.4. The molecule has 1 atom stereocenters. The van der Waals surface area contributed by atoms with Gasteiger partial charge in [-0.2, -0.15) is 8.42 Å². The fraction of sp³-hybridized carbons (Fsp3) is 0.364. The second-order valence-corrected chi connectivity index (χ2v) is 6.27. The van der Waals surface area contributed by atoms with Crippen molar-refractivity contribution in [3.63, 3.8) is 0 Å². The SMILES string of the molecule is O=C1CC(CBr)CN1c1ccc(S(=O)(=O)O)cc1. The number of alkyl halides is 1. The molecule has 1 aromatic carbocycles. The first-order valence-corrected chi connectivity index (χ1v) is 7.92. The summed E-state index contributed by atoms with van der Waals surface area (Å²) in [7, 11) is -4.18. The monoisotopic (exact) mass is 333 g/mol. The van der Waals surface area contributed by atoms with Gasteiger partial charge in [0.1, 0.15) is 0 Å². The van der Waals surface area contributed by atoms with Crippen molar-refractivity contribution in [2.75, 3.05) is 16.8 Å². The molecule has 5 nitrogen and oxygen atoms in total. The van der Waals surface area contributed by atoms with Gasteiger partial charge in [-0.15, -0.1) is 0 Å². The number of halogens is 1. The highest BCUT2D eigenvalue weighted by molar-refractivity contribution is 9.09. The van der Waals surface area contributed by atoms with E-state index in [1.807, 2.05) is 0 Å². The van der Waals surface area contributed by atoms with Crippen molar-refractivity contribution >= 4 is 37.6 Å². The van der Waals surface area contributed by atoms with Gasteiger partial charge in [0.05, 0.1) is 4.90 Å². The lowest BCUT2D eigenvalue weighted by Gasteiger charge is -2.16. The molecule has 1 aromatic rings. The van der Waals surface area contributed by atoms with Crippen LogP contribution in [0.1, 0.15) is 6.42 Å². The number of anilines is 1.